The molecular formula is C22H30N4O. The van der Waals surface area contributed by atoms with E-state index in [1.54, 1.807) is 6.20 Å². The lowest BCUT2D eigenvalue weighted by Gasteiger charge is -2.25. The molecule has 5 nitrogen and oxygen atoms in total. The van der Waals surface area contributed by atoms with E-state index in [1.165, 1.54) is 11.1 Å². The van der Waals surface area contributed by atoms with Crippen molar-refractivity contribution in [3.8, 4) is 0 Å². The van der Waals surface area contributed by atoms with Crippen molar-refractivity contribution in [3.63, 3.8) is 0 Å². The smallest absolute Gasteiger partial charge is 0.257 e. The lowest BCUT2D eigenvalue weighted by Crippen LogP contribution is -2.36. The minimum absolute atomic E-state index is 0.0317. The standard InChI is InChI=1S/C22H30N4O/c1-14(2)21-23-11-18(16(4)24-21)22(27)26-12-19(20(13-26)25(5)6)17-9-7-15(3)8-10-17/h7-11,14,19-20H,12-13H2,1-6H3/t19-,20+/m0/s1. The summed E-state index contributed by atoms with van der Waals surface area (Å²) in [5.41, 5.74) is 3.92. The van der Waals surface area contributed by atoms with E-state index in [1.807, 2.05) is 11.8 Å². The molecule has 1 amide bonds. The van der Waals surface area contributed by atoms with Crippen LogP contribution in [-0.4, -0.2) is 58.9 Å². The van der Waals surface area contributed by atoms with Crippen molar-refractivity contribution in [2.45, 2.75) is 45.6 Å². The number of carbonyl (C=O) groups is 1. The van der Waals surface area contributed by atoms with E-state index in [0.29, 0.717) is 17.5 Å². The molecule has 1 fully saturated rings. The fourth-order valence-electron chi connectivity index (χ4n) is 3.76. The lowest BCUT2D eigenvalue weighted by molar-refractivity contribution is 0.0780. The first-order valence-electron chi connectivity index (χ1n) is 9.63. The van der Waals surface area contributed by atoms with E-state index in [2.05, 4.69) is 74.0 Å². The van der Waals surface area contributed by atoms with Crippen molar-refractivity contribution >= 4 is 5.91 Å². The molecule has 3 rings (SSSR count). The molecule has 0 spiro atoms. The van der Waals surface area contributed by atoms with Gasteiger partial charge in [0.1, 0.15) is 5.82 Å². The Labute approximate surface area is 162 Å². The topological polar surface area (TPSA) is 49.3 Å². The highest BCUT2D eigenvalue weighted by molar-refractivity contribution is 5.95. The third kappa shape index (κ3) is 4.03. The summed E-state index contributed by atoms with van der Waals surface area (Å²) in [5, 5.41) is 0. The number of carbonyl (C=O) groups excluding carboxylic acids is 1. The summed E-state index contributed by atoms with van der Waals surface area (Å²) in [6, 6.07) is 8.98. The summed E-state index contributed by atoms with van der Waals surface area (Å²) < 4.78 is 0. The first-order valence-corrected chi connectivity index (χ1v) is 9.63. The molecule has 2 aromatic rings. The maximum Gasteiger partial charge on any atom is 0.257 e. The molecule has 2 heterocycles. The molecule has 2 atom stereocenters. The molecule has 0 aliphatic carbocycles. The summed E-state index contributed by atoms with van der Waals surface area (Å²) >= 11 is 0. The Balaban J connectivity index is 1.85. The molecule has 1 aromatic carbocycles. The van der Waals surface area contributed by atoms with E-state index >= 15 is 0 Å². The zero-order valence-electron chi connectivity index (χ0n) is 17.2. The van der Waals surface area contributed by atoms with Crippen LogP contribution in [0.5, 0.6) is 0 Å². The Morgan fingerprint density at radius 2 is 1.81 bits per heavy atom. The molecule has 5 heteroatoms. The molecule has 0 saturated carbocycles. The maximum absolute atomic E-state index is 13.2. The Morgan fingerprint density at radius 1 is 1.15 bits per heavy atom. The number of rotatable bonds is 4. The van der Waals surface area contributed by atoms with Crippen LogP contribution in [0.3, 0.4) is 0 Å². The van der Waals surface area contributed by atoms with Crippen molar-refractivity contribution in [3.05, 3.63) is 58.7 Å². The van der Waals surface area contributed by atoms with Gasteiger partial charge in [-0.1, -0.05) is 43.7 Å². The van der Waals surface area contributed by atoms with Crippen LogP contribution in [0, 0.1) is 13.8 Å². The Morgan fingerprint density at radius 3 is 2.37 bits per heavy atom. The first-order chi connectivity index (χ1) is 12.8. The molecule has 1 aromatic heterocycles. The van der Waals surface area contributed by atoms with Gasteiger partial charge >= 0.3 is 0 Å². The van der Waals surface area contributed by atoms with Crippen molar-refractivity contribution in [1.82, 2.24) is 19.8 Å². The third-order valence-electron chi connectivity index (χ3n) is 5.49. The third-order valence-corrected chi connectivity index (χ3v) is 5.49. The number of hydrogen-bond donors (Lipinski definition) is 0. The highest BCUT2D eigenvalue weighted by Crippen LogP contribution is 2.31. The molecule has 1 aliphatic heterocycles. The van der Waals surface area contributed by atoms with Gasteiger partial charge in [0.25, 0.3) is 5.91 Å². The van der Waals surface area contributed by atoms with Crippen molar-refractivity contribution < 1.29 is 4.79 Å². The number of likely N-dealkylation sites (tertiary alicyclic amines) is 1. The maximum atomic E-state index is 13.2. The highest BCUT2D eigenvalue weighted by atomic mass is 16.2. The molecular weight excluding hydrogens is 336 g/mol. The molecule has 1 aliphatic rings. The van der Waals surface area contributed by atoms with Gasteiger partial charge in [0.2, 0.25) is 0 Å². The van der Waals surface area contributed by atoms with E-state index in [9.17, 15) is 4.79 Å². The van der Waals surface area contributed by atoms with Gasteiger partial charge in [-0.05, 0) is 33.5 Å². The monoisotopic (exact) mass is 366 g/mol. The van der Waals surface area contributed by atoms with Gasteiger partial charge in [-0.15, -0.1) is 0 Å². The highest BCUT2D eigenvalue weighted by Gasteiger charge is 2.38. The van der Waals surface area contributed by atoms with Gasteiger partial charge in [-0.2, -0.15) is 0 Å². The molecule has 27 heavy (non-hydrogen) atoms. The van der Waals surface area contributed by atoms with E-state index in [-0.39, 0.29) is 11.8 Å². The number of aryl methyl sites for hydroxylation is 2. The fraction of sp³-hybridized carbons (Fsp3) is 0.500. The van der Waals surface area contributed by atoms with E-state index < -0.39 is 0 Å². The Kier molecular flexibility index (Phi) is 5.61. The molecule has 0 bridgehead atoms. The first kappa shape index (κ1) is 19.5. The van der Waals surface area contributed by atoms with Gasteiger partial charge in [-0.25, -0.2) is 9.97 Å². The van der Waals surface area contributed by atoms with Gasteiger partial charge in [-0.3, -0.25) is 4.79 Å². The van der Waals surface area contributed by atoms with Crippen molar-refractivity contribution in [2.24, 2.45) is 0 Å². The largest absolute Gasteiger partial charge is 0.336 e. The number of likely N-dealkylation sites (N-methyl/N-ethyl adjacent to an activating group) is 1. The average Bonchev–Trinajstić information content (AvgIpc) is 3.07. The quantitative estimate of drug-likeness (QED) is 0.832. The lowest BCUT2D eigenvalue weighted by atomic mass is 9.93. The van der Waals surface area contributed by atoms with E-state index in [0.717, 1.165) is 24.6 Å². The van der Waals surface area contributed by atoms with E-state index in [4.69, 9.17) is 0 Å². The number of amides is 1. The minimum atomic E-state index is 0.0317. The predicted molar refractivity (Wildman–Crippen MR) is 108 cm³/mol. The van der Waals surface area contributed by atoms with Crippen LogP contribution in [0.2, 0.25) is 0 Å². The van der Waals surface area contributed by atoms with Crippen LogP contribution in [0.4, 0.5) is 0 Å². The molecule has 0 unspecified atom stereocenters. The zero-order valence-corrected chi connectivity index (χ0v) is 17.2. The average molecular weight is 367 g/mol. The zero-order chi connectivity index (χ0) is 19.7. The second kappa shape index (κ2) is 7.77. The van der Waals surface area contributed by atoms with Crippen LogP contribution in [-0.2, 0) is 0 Å². The van der Waals surface area contributed by atoms with Crippen LogP contribution in [0.1, 0.15) is 58.7 Å². The van der Waals surface area contributed by atoms with Crippen molar-refractivity contribution in [2.75, 3.05) is 27.2 Å². The summed E-state index contributed by atoms with van der Waals surface area (Å²) in [5.74, 6) is 1.38. The minimum Gasteiger partial charge on any atom is -0.336 e. The summed E-state index contributed by atoms with van der Waals surface area (Å²) in [6.07, 6.45) is 1.70. The molecule has 0 N–H and O–H groups in total. The summed E-state index contributed by atoms with van der Waals surface area (Å²) in [7, 11) is 4.18. The fourth-order valence-corrected chi connectivity index (χ4v) is 3.76. The van der Waals surface area contributed by atoms with Crippen LogP contribution < -0.4 is 0 Å². The Bertz CT molecular complexity index is 814. The summed E-state index contributed by atoms with van der Waals surface area (Å²) in [4.78, 5) is 26.3. The number of aromatic nitrogens is 2. The van der Waals surface area contributed by atoms with Gasteiger partial charge in [0.05, 0.1) is 11.3 Å². The van der Waals surface area contributed by atoms with Gasteiger partial charge in [0, 0.05) is 37.2 Å². The Hall–Kier alpha value is -2.27. The summed E-state index contributed by atoms with van der Waals surface area (Å²) in [6.45, 7) is 9.56. The van der Waals surface area contributed by atoms with Crippen molar-refractivity contribution in [1.29, 1.82) is 0 Å². The normalized spacial score (nSPS) is 19.9. The molecule has 144 valence electrons. The van der Waals surface area contributed by atoms with Gasteiger partial charge in [0.15, 0.2) is 0 Å². The van der Waals surface area contributed by atoms with Gasteiger partial charge < -0.3 is 9.80 Å². The number of benzene rings is 1. The number of nitrogens with zero attached hydrogens (tertiary/aromatic N) is 4. The second-order valence-corrected chi connectivity index (χ2v) is 8.14. The predicted octanol–water partition coefficient (Wildman–Crippen LogP) is 3.39. The molecule has 1 saturated heterocycles. The van der Waals surface area contributed by atoms with Crippen LogP contribution >= 0.6 is 0 Å². The SMILES string of the molecule is Cc1ccc([C@@H]2CN(C(=O)c3cnc(C(C)C)nc3C)C[C@H]2N(C)C)cc1. The number of hydrogen-bond acceptors (Lipinski definition) is 4. The second-order valence-electron chi connectivity index (χ2n) is 8.14. The van der Waals surface area contributed by atoms with Crippen LogP contribution in [0.25, 0.3) is 0 Å². The van der Waals surface area contributed by atoms with Crippen LogP contribution in [0.15, 0.2) is 30.5 Å². The molecule has 0 radical (unpaired) electrons.